The molecule has 2 atom stereocenters. The van der Waals surface area contributed by atoms with Gasteiger partial charge in [0.2, 0.25) is 0 Å². The first-order chi connectivity index (χ1) is 9.33. The van der Waals surface area contributed by atoms with Crippen molar-refractivity contribution in [3.05, 3.63) is 34.9 Å². The zero-order valence-electron chi connectivity index (χ0n) is 11.3. The summed E-state index contributed by atoms with van der Waals surface area (Å²) in [5, 5.41) is 4.53. The van der Waals surface area contributed by atoms with E-state index in [0.29, 0.717) is 12.1 Å². The van der Waals surface area contributed by atoms with Gasteiger partial charge in [0.1, 0.15) is 0 Å². The van der Waals surface area contributed by atoms with E-state index in [1.807, 2.05) is 12.1 Å². The highest BCUT2D eigenvalue weighted by Gasteiger charge is 2.32. The summed E-state index contributed by atoms with van der Waals surface area (Å²) in [6.45, 7) is 1.91. The lowest BCUT2D eigenvalue weighted by Crippen LogP contribution is -2.34. The lowest BCUT2D eigenvalue weighted by atomic mass is 10.0. The second kappa shape index (κ2) is 6.25. The highest BCUT2D eigenvalue weighted by Crippen LogP contribution is 2.41. The maximum atomic E-state index is 5.97. The average molecular weight is 280 g/mol. The molecule has 104 valence electrons. The number of ether oxygens (including phenoxy) is 1. The average Bonchev–Trinajstić information content (AvgIpc) is 3.27. The van der Waals surface area contributed by atoms with Gasteiger partial charge in [-0.2, -0.15) is 0 Å². The monoisotopic (exact) mass is 279 g/mol. The minimum atomic E-state index is 0.405. The summed E-state index contributed by atoms with van der Waals surface area (Å²) in [5.74, 6) is 0.796. The van der Waals surface area contributed by atoms with Gasteiger partial charge < -0.3 is 10.1 Å². The maximum absolute atomic E-state index is 5.97. The molecule has 1 saturated heterocycles. The van der Waals surface area contributed by atoms with Gasteiger partial charge >= 0.3 is 0 Å². The molecule has 0 aromatic heterocycles. The van der Waals surface area contributed by atoms with Crippen LogP contribution in [0.3, 0.4) is 0 Å². The number of halogens is 1. The van der Waals surface area contributed by atoms with E-state index >= 15 is 0 Å². The molecule has 1 heterocycles. The van der Waals surface area contributed by atoms with E-state index in [1.165, 1.54) is 37.7 Å². The first kappa shape index (κ1) is 13.4. The zero-order chi connectivity index (χ0) is 13.1. The van der Waals surface area contributed by atoms with Crippen LogP contribution in [0, 0.1) is 5.92 Å². The molecule has 1 aromatic rings. The number of rotatable bonds is 5. The summed E-state index contributed by atoms with van der Waals surface area (Å²) >= 11 is 5.97. The summed E-state index contributed by atoms with van der Waals surface area (Å²) in [4.78, 5) is 0. The third-order valence-electron chi connectivity index (χ3n) is 4.16. The molecule has 19 heavy (non-hydrogen) atoms. The van der Waals surface area contributed by atoms with E-state index in [1.54, 1.807) is 0 Å². The Morgan fingerprint density at radius 3 is 2.58 bits per heavy atom. The lowest BCUT2D eigenvalue weighted by Gasteiger charge is -2.26. The van der Waals surface area contributed by atoms with Crippen LogP contribution < -0.4 is 5.32 Å². The standard InChI is InChI=1S/C16H22ClNO/c17-14-8-6-13(7-9-14)16(12-4-5-12)18-11-15-3-1-2-10-19-15/h6-9,12,15-16,18H,1-5,10-11H2/t15-,16-/m0/s1. The van der Waals surface area contributed by atoms with E-state index < -0.39 is 0 Å². The third kappa shape index (κ3) is 3.71. The van der Waals surface area contributed by atoms with Crippen LogP contribution in [0.2, 0.25) is 5.02 Å². The molecule has 1 saturated carbocycles. The Morgan fingerprint density at radius 1 is 1.16 bits per heavy atom. The summed E-state index contributed by atoms with van der Waals surface area (Å²) in [6.07, 6.45) is 6.81. The fourth-order valence-electron chi connectivity index (χ4n) is 2.88. The molecule has 0 radical (unpaired) electrons. The van der Waals surface area contributed by atoms with Crippen molar-refractivity contribution >= 4 is 11.6 Å². The summed E-state index contributed by atoms with van der Waals surface area (Å²) in [6, 6.07) is 8.76. The zero-order valence-corrected chi connectivity index (χ0v) is 12.0. The molecule has 0 bridgehead atoms. The Balaban J connectivity index is 1.59. The SMILES string of the molecule is Clc1ccc([C@@H](NC[C@@H]2CCCCO2)C2CC2)cc1. The second-order valence-corrected chi connectivity index (χ2v) is 6.20. The summed E-state index contributed by atoms with van der Waals surface area (Å²) in [7, 11) is 0. The van der Waals surface area contributed by atoms with Gasteiger partial charge in [-0.3, -0.25) is 0 Å². The Kier molecular flexibility index (Phi) is 4.42. The van der Waals surface area contributed by atoms with Crippen molar-refractivity contribution in [2.45, 2.75) is 44.2 Å². The molecule has 1 aliphatic heterocycles. The summed E-state index contributed by atoms with van der Waals surface area (Å²) in [5.41, 5.74) is 1.36. The van der Waals surface area contributed by atoms with Gasteiger partial charge in [-0.15, -0.1) is 0 Å². The second-order valence-electron chi connectivity index (χ2n) is 5.76. The van der Waals surface area contributed by atoms with Gasteiger partial charge in [0.05, 0.1) is 6.10 Å². The molecular weight excluding hydrogens is 258 g/mol. The van der Waals surface area contributed by atoms with Crippen LogP contribution in [0.25, 0.3) is 0 Å². The van der Waals surface area contributed by atoms with Gasteiger partial charge in [-0.05, 0) is 55.7 Å². The molecule has 1 aromatic carbocycles. The molecule has 2 aliphatic rings. The van der Waals surface area contributed by atoms with Gasteiger partial charge in [-0.1, -0.05) is 23.7 Å². The molecular formula is C16H22ClNO. The van der Waals surface area contributed by atoms with Crippen LogP contribution in [0.15, 0.2) is 24.3 Å². The predicted octanol–water partition coefficient (Wildman–Crippen LogP) is 3.95. The van der Waals surface area contributed by atoms with Crippen molar-refractivity contribution in [2.24, 2.45) is 5.92 Å². The first-order valence-corrected chi connectivity index (χ1v) is 7.81. The molecule has 0 spiro atoms. The number of hydrogen-bond donors (Lipinski definition) is 1. The largest absolute Gasteiger partial charge is 0.377 e. The Hall–Kier alpha value is -0.570. The minimum Gasteiger partial charge on any atom is -0.377 e. The Morgan fingerprint density at radius 2 is 1.95 bits per heavy atom. The topological polar surface area (TPSA) is 21.3 Å². The highest BCUT2D eigenvalue weighted by atomic mass is 35.5. The van der Waals surface area contributed by atoms with Crippen molar-refractivity contribution in [1.29, 1.82) is 0 Å². The highest BCUT2D eigenvalue weighted by molar-refractivity contribution is 6.30. The van der Waals surface area contributed by atoms with E-state index in [-0.39, 0.29) is 0 Å². The van der Waals surface area contributed by atoms with Crippen molar-refractivity contribution in [1.82, 2.24) is 5.32 Å². The van der Waals surface area contributed by atoms with Crippen LogP contribution in [-0.4, -0.2) is 19.3 Å². The quantitative estimate of drug-likeness (QED) is 0.881. The Labute approximate surface area is 120 Å². The normalized spacial score (nSPS) is 25.2. The van der Waals surface area contributed by atoms with E-state index in [0.717, 1.165) is 24.1 Å². The minimum absolute atomic E-state index is 0.405. The van der Waals surface area contributed by atoms with Crippen molar-refractivity contribution < 1.29 is 4.74 Å². The van der Waals surface area contributed by atoms with Gasteiger partial charge in [0.15, 0.2) is 0 Å². The molecule has 3 rings (SSSR count). The number of nitrogens with one attached hydrogen (secondary N) is 1. The van der Waals surface area contributed by atoms with Gasteiger partial charge in [-0.25, -0.2) is 0 Å². The van der Waals surface area contributed by atoms with Crippen LogP contribution >= 0.6 is 11.6 Å². The van der Waals surface area contributed by atoms with Crippen LogP contribution in [0.1, 0.15) is 43.7 Å². The van der Waals surface area contributed by atoms with Crippen LogP contribution in [0.4, 0.5) is 0 Å². The van der Waals surface area contributed by atoms with Crippen molar-refractivity contribution in [3.8, 4) is 0 Å². The van der Waals surface area contributed by atoms with E-state index in [4.69, 9.17) is 16.3 Å². The maximum Gasteiger partial charge on any atom is 0.0699 e. The summed E-state index contributed by atoms with van der Waals surface area (Å²) < 4.78 is 5.80. The number of benzene rings is 1. The molecule has 2 fully saturated rings. The van der Waals surface area contributed by atoms with Crippen LogP contribution in [0.5, 0.6) is 0 Å². The fraction of sp³-hybridized carbons (Fsp3) is 0.625. The van der Waals surface area contributed by atoms with Gasteiger partial charge in [0.25, 0.3) is 0 Å². The third-order valence-corrected chi connectivity index (χ3v) is 4.41. The lowest BCUT2D eigenvalue weighted by molar-refractivity contribution is 0.0149. The van der Waals surface area contributed by atoms with Crippen LogP contribution in [-0.2, 0) is 4.74 Å². The molecule has 0 amide bonds. The molecule has 3 heteroatoms. The molecule has 1 N–H and O–H groups in total. The Bertz CT molecular complexity index is 396. The van der Waals surface area contributed by atoms with Crippen molar-refractivity contribution in [3.63, 3.8) is 0 Å². The fourth-order valence-corrected chi connectivity index (χ4v) is 3.01. The molecule has 1 aliphatic carbocycles. The van der Waals surface area contributed by atoms with Gasteiger partial charge in [0, 0.05) is 24.2 Å². The van der Waals surface area contributed by atoms with E-state index in [2.05, 4.69) is 17.4 Å². The predicted molar refractivity (Wildman–Crippen MR) is 78.5 cm³/mol. The molecule has 2 nitrogen and oxygen atoms in total. The smallest absolute Gasteiger partial charge is 0.0699 e. The van der Waals surface area contributed by atoms with Crippen molar-refractivity contribution in [2.75, 3.05) is 13.2 Å². The molecule has 0 unspecified atom stereocenters. The van der Waals surface area contributed by atoms with E-state index in [9.17, 15) is 0 Å². The number of hydrogen-bond acceptors (Lipinski definition) is 2. The first-order valence-electron chi connectivity index (χ1n) is 7.43.